The highest BCUT2D eigenvalue weighted by molar-refractivity contribution is 7.85. The quantitative estimate of drug-likeness (QED) is 0.888. The molecule has 0 spiro atoms. The third-order valence-electron chi connectivity index (χ3n) is 4.10. The van der Waals surface area contributed by atoms with E-state index in [1.165, 1.54) is 0 Å². The molecule has 0 saturated carbocycles. The number of carbonyl (C=O) groups is 1. The molecule has 22 heavy (non-hydrogen) atoms. The van der Waals surface area contributed by atoms with Crippen LogP contribution in [0.15, 0.2) is 24.3 Å². The van der Waals surface area contributed by atoms with Crippen LogP contribution in [0.2, 0.25) is 0 Å². The molecule has 0 aromatic heterocycles. The molecule has 1 N–H and O–H groups in total. The first-order chi connectivity index (χ1) is 10.5. The summed E-state index contributed by atoms with van der Waals surface area (Å²) in [5.74, 6) is 2.07. The van der Waals surface area contributed by atoms with Gasteiger partial charge in [-0.1, -0.05) is 18.2 Å². The highest BCUT2D eigenvalue weighted by Gasteiger charge is 2.26. The van der Waals surface area contributed by atoms with Crippen LogP contribution < -0.4 is 10.1 Å². The molecule has 122 valence electrons. The summed E-state index contributed by atoms with van der Waals surface area (Å²) in [5.41, 5.74) is 0.963. The lowest BCUT2D eigenvalue weighted by Crippen LogP contribution is -2.50. The van der Waals surface area contributed by atoms with E-state index in [1.807, 2.05) is 38.1 Å². The molecule has 1 aromatic rings. The number of nitrogens with one attached hydrogen (secondary N) is 1. The molecule has 1 heterocycles. The standard InChI is InChI=1S/C16H24N2O3S/c1-12(14-6-4-5-7-15(14)21-3)17-16(19)13(2)18-8-10-22(20)11-9-18/h4-7,12-13H,8-11H2,1-3H3,(H,17,19). The summed E-state index contributed by atoms with van der Waals surface area (Å²) in [6.45, 7) is 5.28. The normalized spacial score (nSPS) is 19.4. The maximum Gasteiger partial charge on any atom is 0.237 e. The number of hydrogen-bond acceptors (Lipinski definition) is 4. The van der Waals surface area contributed by atoms with Gasteiger partial charge in [0, 0.05) is 41.0 Å². The summed E-state index contributed by atoms with van der Waals surface area (Å²) in [6.07, 6.45) is 0. The van der Waals surface area contributed by atoms with Crippen molar-refractivity contribution in [3.05, 3.63) is 29.8 Å². The van der Waals surface area contributed by atoms with E-state index in [9.17, 15) is 9.00 Å². The zero-order chi connectivity index (χ0) is 16.1. The van der Waals surface area contributed by atoms with Gasteiger partial charge in [0.25, 0.3) is 0 Å². The Morgan fingerprint density at radius 2 is 1.91 bits per heavy atom. The summed E-state index contributed by atoms with van der Waals surface area (Å²) >= 11 is 0. The van der Waals surface area contributed by atoms with Crippen LogP contribution in [0.1, 0.15) is 25.5 Å². The minimum absolute atomic E-state index is 0.00825. The predicted molar refractivity (Wildman–Crippen MR) is 88.5 cm³/mol. The fraction of sp³-hybridized carbons (Fsp3) is 0.562. The first-order valence-corrected chi connectivity index (χ1v) is 9.04. The van der Waals surface area contributed by atoms with Crippen LogP contribution in [0, 0.1) is 0 Å². The second-order valence-corrected chi connectivity index (χ2v) is 7.23. The van der Waals surface area contributed by atoms with Crippen molar-refractivity contribution in [1.82, 2.24) is 10.2 Å². The van der Waals surface area contributed by atoms with Crippen molar-refractivity contribution in [1.29, 1.82) is 0 Å². The zero-order valence-corrected chi connectivity index (χ0v) is 14.2. The topological polar surface area (TPSA) is 58.6 Å². The van der Waals surface area contributed by atoms with Crippen molar-refractivity contribution >= 4 is 16.7 Å². The average molecular weight is 324 g/mol. The summed E-state index contributed by atoms with van der Waals surface area (Å²) in [4.78, 5) is 14.5. The number of methoxy groups -OCH3 is 1. The van der Waals surface area contributed by atoms with E-state index in [0.29, 0.717) is 24.6 Å². The molecule has 0 aliphatic carbocycles. The third-order valence-corrected chi connectivity index (χ3v) is 5.38. The van der Waals surface area contributed by atoms with Gasteiger partial charge in [-0.2, -0.15) is 0 Å². The Labute approximate surface area is 134 Å². The van der Waals surface area contributed by atoms with Gasteiger partial charge in [-0.3, -0.25) is 13.9 Å². The third kappa shape index (κ3) is 4.08. The number of hydrogen-bond donors (Lipinski definition) is 1. The van der Waals surface area contributed by atoms with Crippen molar-refractivity contribution in [2.24, 2.45) is 0 Å². The summed E-state index contributed by atoms with van der Waals surface area (Å²) in [6, 6.07) is 7.36. The van der Waals surface area contributed by atoms with E-state index in [1.54, 1.807) is 7.11 Å². The fourth-order valence-electron chi connectivity index (χ4n) is 2.64. The van der Waals surface area contributed by atoms with E-state index in [4.69, 9.17) is 4.74 Å². The molecule has 0 bridgehead atoms. The van der Waals surface area contributed by atoms with Crippen molar-refractivity contribution in [2.45, 2.75) is 25.9 Å². The van der Waals surface area contributed by atoms with E-state index < -0.39 is 10.8 Å². The molecule has 1 fully saturated rings. The monoisotopic (exact) mass is 324 g/mol. The van der Waals surface area contributed by atoms with Gasteiger partial charge < -0.3 is 10.1 Å². The number of benzene rings is 1. The van der Waals surface area contributed by atoms with Crippen LogP contribution in [0.25, 0.3) is 0 Å². The largest absolute Gasteiger partial charge is 0.496 e. The summed E-state index contributed by atoms with van der Waals surface area (Å²) in [7, 11) is 0.903. The molecule has 5 nitrogen and oxygen atoms in total. The molecular formula is C16H24N2O3S. The molecule has 1 aliphatic rings. The van der Waals surface area contributed by atoms with Gasteiger partial charge >= 0.3 is 0 Å². The van der Waals surface area contributed by atoms with Gasteiger partial charge in [-0.25, -0.2) is 0 Å². The van der Waals surface area contributed by atoms with Gasteiger partial charge in [0.2, 0.25) is 5.91 Å². The second-order valence-electron chi connectivity index (χ2n) is 5.53. The van der Waals surface area contributed by atoms with Crippen LogP contribution in [0.5, 0.6) is 5.75 Å². The molecule has 2 atom stereocenters. The molecule has 2 unspecified atom stereocenters. The van der Waals surface area contributed by atoms with Crippen molar-refractivity contribution in [3.8, 4) is 5.75 Å². The van der Waals surface area contributed by atoms with Gasteiger partial charge in [0.1, 0.15) is 5.75 Å². The maximum absolute atomic E-state index is 12.4. The lowest BCUT2D eigenvalue weighted by atomic mass is 10.1. The Hall–Kier alpha value is -1.40. The molecule has 1 saturated heterocycles. The lowest BCUT2D eigenvalue weighted by molar-refractivity contribution is -0.126. The minimum Gasteiger partial charge on any atom is -0.496 e. The summed E-state index contributed by atoms with van der Waals surface area (Å²) < 4.78 is 16.7. The Bertz CT molecular complexity index is 540. The molecule has 6 heteroatoms. The minimum atomic E-state index is -0.725. The van der Waals surface area contributed by atoms with Gasteiger partial charge in [0.15, 0.2) is 0 Å². The molecule has 0 radical (unpaired) electrons. The van der Waals surface area contributed by atoms with Crippen molar-refractivity contribution in [2.75, 3.05) is 31.7 Å². The van der Waals surface area contributed by atoms with Gasteiger partial charge in [-0.05, 0) is 19.9 Å². The molecule has 1 aromatic carbocycles. The van der Waals surface area contributed by atoms with E-state index in [2.05, 4.69) is 10.2 Å². The van der Waals surface area contributed by atoms with E-state index >= 15 is 0 Å². The Kier molecular flexibility index (Phi) is 5.97. The van der Waals surface area contributed by atoms with E-state index in [-0.39, 0.29) is 18.0 Å². The van der Waals surface area contributed by atoms with Crippen LogP contribution >= 0.6 is 0 Å². The van der Waals surface area contributed by atoms with Gasteiger partial charge in [0.05, 0.1) is 19.2 Å². The van der Waals surface area contributed by atoms with Crippen LogP contribution in [-0.2, 0) is 15.6 Å². The van der Waals surface area contributed by atoms with Crippen molar-refractivity contribution in [3.63, 3.8) is 0 Å². The fourth-order valence-corrected chi connectivity index (χ4v) is 3.72. The first kappa shape index (κ1) is 17.0. The summed E-state index contributed by atoms with van der Waals surface area (Å²) in [5, 5.41) is 3.04. The Morgan fingerprint density at radius 3 is 2.55 bits per heavy atom. The Morgan fingerprint density at radius 1 is 1.27 bits per heavy atom. The number of rotatable bonds is 5. The maximum atomic E-state index is 12.4. The SMILES string of the molecule is COc1ccccc1C(C)NC(=O)C(C)N1CCS(=O)CC1. The molecule has 2 rings (SSSR count). The average Bonchev–Trinajstić information content (AvgIpc) is 2.54. The van der Waals surface area contributed by atoms with Gasteiger partial charge in [-0.15, -0.1) is 0 Å². The highest BCUT2D eigenvalue weighted by Crippen LogP contribution is 2.24. The van der Waals surface area contributed by atoms with E-state index in [0.717, 1.165) is 11.3 Å². The lowest BCUT2D eigenvalue weighted by Gasteiger charge is -2.31. The van der Waals surface area contributed by atoms with Crippen LogP contribution in [0.3, 0.4) is 0 Å². The number of nitrogens with zero attached hydrogens (tertiary/aromatic N) is 1. The predicted octanol–water partition coefficient (Wildman–Crippen LogP) is 1.33. The number of carbonyl (C=O) groups excluding carboxylic acids is 1. The molecule has 1 amide bonds. The first-order valence-electron chi connectivity index (χ1n) is 7.55. The van der Waals surface area contributed by atoms with Crippen LogP contribution in [-0.4, -0.2) is 52.8 Å². The molecular weight excluding hydrogens is 300 g/mol. The number of amides is 1. The molecule has 1 aliphatic heterocycles. The highest BCUT2D eigenvalue weighted by atomic mass is 32.2. The van der Waals surface area contributed by atoms with Crippen molar-refractivity contribution < 1.29 is 13.7 Å². The Balaban J connectivity index is 1.97. The number of ether oxygens (including phenoxy) is 1. The van der Waals surface area contributed by atoms with Crippen LogP contribution in [0.4, 0.5) is 0 Å². The number of para-hydroxylation sites is 1. The zero-order valence-electron chi connectivity index (χ0n) is 13.4. The second kappa shape index (κ2) is 7.74. The smallest absolute Gasteiger partial charge is 0.237 e.